The van der Waals surface area contributed by atoms with Crippen LogP contribution in [0.15, 0.2) is 18.2 Å². The van der Waals surface area contributed by atoms with Gasteiger partial charge in [-0.25, -0.2) is 4.39 Å². The van der Waals surface area contributed by atoms with E-state index in [-0.39, 0.29) is 11.9 Å². The molecule has 0 radical (unpaired) electrons. The average molecular weight is 244 g/mol. The van der Waals surface area contributed by atoms with E-state index < -0.39 is 0 Å². The van der Waals surface area contributed by atoms with Gasteiger partial charge in [-0.05, 0) is 42.0 Å². The van der Waals surface area contributed by atoms with Crippen LogP contribution >= 0.6 is 11.6 Å². The summed E-state index contributed by atoms with van der Waals surface area (Å²) in [6.45, 7) is 6.34. The second-order valence-corrected chi connectivity index (χ2v) is 5.14. The quantitative estimate of drug-likeness (QED) is 0.859. The largest absolute Gasteiger partial charge is 0.327 e. The van der Waals surface area contributed by atoms with Crippen molar-refractivity contribution >= 4 is 11.6 Å². The molecule has 0 fully saturated rings. The number of halogens is 2. The first-order chi connectivity index (χ1) is 7.41. The third-order valence-corrected chi connectivity index (χ3v) is 3.43. The third-order valence-electron chi connectivity index (χ3n) is 3.19. The van der Waals surface area contributed by atoms with Crippen molar-refractivity contribution in [2.75, 3.05) is 0 Å². The molecule has 0 saturated carbocycles. The molecule has 0 aliphatic heterocycles. The summed E-state index contributed by atoms with van der Waals surface area (Å²) in [5, 5.41) is 0.556. The van der Waals surface area contributed by atoms with E-state index in [0.29, 0.717) is 28.8 Å². The Morgan fingerprint density at radius 3 is 2.50 bits per heavy atom. The molecule has 1 aromatic carbocycles. The Bertz CT molecular complexity index is 352. The standard InChI is InChI=1S/C13H19ClFN/c1-8(2)9(3)13(16)7-10-6-11(14)4-5-12(10)15/h4-6,8-9,13H,7,16H2,1-3H3. The highest BCUT2D eigenvalue weighted by atomic mass is 35.5. The van der Waals surface area contributed by atoms with Crippen molar-refractivity contribution in [3.05, 3.63) is 34.6 Å². The van der Waals surface area contributed by atoms with Crippen LogP contribution in [-0.4, -0.2) is 6.04 Å². The first-order valence-corrected chi connectivity index (χ1v) is 5.99. The highest BCUT2D eigenvalue weighted by molar-refractivity contribution is 6.30. The van der Waals surface area contributed by atoms with Crippen LogP contribution in [0.5, 0.6) is 0 Å². The van der Waals surface area contributed by atoms with Gasteiger partial charge in [-0.1, -0.05) is 32.4 Å². The van der Waals surface area contributed by atoms with Gasteiger partial charge in [0.25, 0.3) is 0 Å². The molecule has 0 aliphatic rings. The van der Waals surface area contributed by atoms with Crippen LogP contribution in [0.25, 0.3) is 0 Å². The number of benzene rings is 1. The summed E-state index contributed by atoms with van der Waals surface area (Å²) in [6, 6.07) is 4.57. The van der Waals surface area contributed by atoms with Gasteiger partial charge in [-0.2, -0.15) is 0 Å². The van der Waals surface area contributed by atoms with Crippen molar-refractivity contribution in [1.29, 1.82) is 0 Å². The van der Waals surface area contributed by atoms with Crippen LogP contribution in [0, 0.1) is 17.7 Å². The maximum absolute atomic E-state index is 13.5. The summed E-state index contributed by atoms with van der Waals surface area (Å²) in [6.07, 6.45) is 0.533. The van der Waals surface area contributed by atoms with Crippen molar-refractivity contribution in [1.82, 2.24) is 0 Å². The zero-order valence-electron chi connectivity index (χ0n) is 10.0. The molecule has 0 saturated heterocycles. The summed E-state index contributed by atoms with van der Waals surface area (Å²) in [5.74, 6) is 0.631. The summed E-state index contributed by atoms with van der Waals surface area (Å²) in [4.78, 5) is 0. The van der Waals surface area contributed by atoms with Crippen LogP contribution in [0.1, 0.15) is 26.3 Å². The average Bonchev–Trinajstić information content (AvgIpc) is 2.22. The minimum Gasteiger partial charge on any atom is -0.327 e. The second-order valence-electron chi connectivity index (χ2n) is 4.71. The lowest BCUT2D eigenvalue weighted by atomic mass is 9.87. The van der Waals surface area contributed by atoms with Gasteiger partial charge in [0.15, 0.2) is 0 Å². The fraction of sp³-hybridized carbons (Fsp3) is 0.538. The van der Waals surface area contributed by atoms with Gasteiger partial charge in [0.05, 0.1) is 0 Å². The summed E-state index contributed by atoms with van der Waals surface area (Å²) < 4.78 is 13.5. The van der Waals surface area contributed by atoms with Gasteiger partial charge in [0.2, 0.25) is 0 Å². The Morgan fingerprint density at radius 2 is 1.94 bits per heavy atom. The van der Waals surface area contributed by atoms with E-state index in [1.165, 1.54) is 6.07 Å². The summed E-state index contributed by atoms with van der Waals surface area (Å²) >= 11 is 5.83. The highest BCUT2D eigenvalue weighted by Gasteiger charge is 2.18. The highest BCUT2D eigenvalue weighted by Crippen LogP contribution is 2.20. The number of hydrogen-bond donors (Lipinski definition) is 1. The van der Waals surface area contributed by atoms with Gasteiger partial charge < -0.3 is 5.73 Å². The van der Waals surface area contributed by atoms with Crippen molar-refractivity contribution < 1.29 is 4.39 Å². The molecule has 0 aliphatic carbocycles. The molecule has 0 aromatic heterocycles. The maximum Gasteiger partial charge on any atom is 0.126 e. The lowest BCUT2D eigenvalue weighted by Crippen LogP contribution is -2.33. The number of rotatable bonds is 4. The Labute approximate surface area is 102 Å². The van der Waals surface area contributed by atoms with Crippen LogP contribution in [0.3, 0.4) is 0 Å². The third kappa shape index (κ3) is 3.46. The molecule has 1 rings (SSSR count). The maximum atomic E-state index is 13.5. The molecule has 2 unspecified atom stereocenters. The second kappa shape index (κ2) is 5.65. The minimum absolute atomic E-state index is 0.0343. The molecule has 1 nitrogen and oxygen atoms in total. The van der Waals surface area contributed by atoms with E-state index in [1.54, 1.807) is 12.1 Å². The smallest absolute Gasteiger partial charge is 0.126 e. The molecule has 0 heterocycles. The lowest BCUT2D eigenvalue weighted by molar-refractivity contribution is 0.342. The molecule has 3 heteroatoms. The zero-order valence-corrected chi connectivity index (χ0v) is 10.8. The van der Waals surface area contributed by atoms with E-state index in [2.05, 4.69) is 20.8 Å². The van der Waals surface area contributed by atoms with E-state index in [4.69, 9.17) is 17.3 Å². The van der Waals surface area contributed by atoms with E-state index in [9.17, 15) is 4.39 Å². The lowest BCUT2D eigenvalue weighted by Gasteiger charge is -2.23. The van der Waals surface area contributed by atoms with Gasteiger partial charge >= 0.3 is 0 Å². The fourth-order valence-corrected chi connectivity index (χ4v) is 1.83. The van der Waals surface area contributed by atoms with Crippen LogP contribution in [-0.2, 0) is 6.42 Å². The molecule has 2 N–H and O–H groups in total. The SMILES string of the molecule is CC(C)C(C)C(N)Cc1cc(Cl)ccc1F. The van der Waals surface area contributed by atoms with Crippen molar-refractivity contribution in [3.63, 3.8) is 0 Å². The van der Waals surface area contributed by atoms with E-state index in [1.807, 2.05) is 0 Å². The Hall–Kier alpha value is -0.600. The van der Waals surface area contributed by atoms with Crippen molar-refractivity contribution in [2.45, 2.75) is 33.2 Å². The molecule has 90 valence electrons. The fourth-order valence-electron chi connectivity index (χ4n) is 1.63. The zero-order chi connectivity index (χ0) is 12.3. The van der Waals surface area contributed by atoms with Crippen molar-refractivity contribution in [3.8, 4) is 0 Å². The van der Waals surface area contributed by atoms with Gasteiger partial charge in [0, 0.05) is 11.1 Å². The van der Waals surface area contributed by atoms with Crippen LogP contribution in [0.4, 0.5) is 4.39 Å². The molecule has 1 aromatic rings. The van der Waals surface area contributed by atoms with Crippen molar-refractivity contribution in [2.24, 2.45) is 17.6 Å². The predicted molar refractivity (Wildman–Crippen MR) is 67.1 cm³/mol. The van der Waals surface area contributed by atoms with Crippen LogP contribution in [0.2, 0.25) is 5.02 Å². The van der Waals surface area contributed by atoms with Gasteiger partial charge in [-0.3, -0.25) is 0 Å². The first kappa shape index (κ1) is 13.5. The van der Waals surface area contributed by atoms with E-state index in [0.717, 1.165) is 0 Å². The normalized spacial score (nSPS) is 15.2. The molecule has 0 amide bonds. The summed E-state index contributed by atoms with van der Waals surface area (Å²) in [5.41, 5.74) is 6.66. The molecule has 2 atom stereocenters. The minimum atomic E-state index is -0.226. The molecule has 0 bridgehead atoms. The topological polar surface area (TPSA) is 26.0 Å². The summed E-state index contributed by atoms with van der Waals surface area (Å²) in [7, 11) is 0. The Morgan fingerprint density at radius 1 is 1.31 bits per heavy atom. The molecular formula is C13H19ClFN. The Balaban J connectivity index is 2.76. The predicted octanol–water partition coefficient (Wildman–Crippen LogP) is 3.64. The Kier molecular flexibility index (Phi) is 4.75. The molecule has 16 heavy (non-hydrogen) atoms. The number of nitrogens with two attached hydrogens (primary N) is 1. The molecule has 0 spiro atoms. The first-order valence-electron chi connectivity index (χ1n) is 5.61. The monoisotopic (exact) mass is 243 g/mol. The van der Waals surface area contributed by atoms with Crippen LogP contribution < -0.4 is 5.73 Å². The van der Waals surface area contributed by atoms with Gasteiger partial charge in [-0.15, -0.1) is 0 Å². The molecular weight excluding hydrogens is 225 g/mol. The number of hydrogen-bond acceptors (Lipinski definition) is 1. The van der Waals surface area contributed by atoms with Gasteiger partial charge in [0.1, 0.15) is 5.82 Å². The van der Waals surface area contributed by atoms with E-state index >= 15 is 0 Å².